The van der Waals surface area contributed by atoms with Crippen molar-refractivity contribution in [3.8, 4) is 17.1 Å². The lowest BCUT2D eigenvalue weighted by Crippen LogP contribution is -2.35. The van der Waals surface area contributed by atoms with E-state index in [1.54, 1.807) is 55.6 Å². The zero-order chi connectivity index (χ0) is 19.0. The number of anilines is 2. The second-order valence-electron chi connectivity index (χ2n) is 5.93. The molecule has 0 bridgehead atoms. The molecule has 0 atom stereocenters. The number of likely N-dealkylation sites (N-methyl/N-ethyl adjacent to an activating group) is 1. The van der Waals surface area contributed by atoms with E-state index >= 15 is 0 Å². The van der Waals surface area contributed by atoms with E-state index in [1.165, 1.54) is 4.90 Å². The van der Waals surface area contributed by atoms with Crippen LogP contribution in [0, 0.1) is 0 Å². The molecule has 1 aromatic heterocycles. The molecule has 0 fully saturated rings. The summed E-state index contributed by atoms with van der Waals surface area (Å²) in [5.74, 6) is 0.286. The molecule has 0 spiro atoms. The fraction of sp³-hybridized carbons (Fsp3) is 0.105. The van der Waals surface area contributed by atoms with E-state index in [1.807, 2.05) is 0 Å². The number of hydrogen-bond donors (Lipinski definition) is 1. The smallest absolute Gasteiger partial charge is 0.277 e. The molecular formula is C19H14ClN3O4. The van der Waals surface area contributed by atoms with Gasteiger partial charge in [-0.1, -0.05) is 22.8 Å². The van der Waals surface area contributed by atoms with Crippen LogP contribution >= 0.6 is 11.6 Å². The van der Waals surface area contributed by atoms with Gasteiger partial charge in [0, 0.05) is 23.7 Å². The summed E-state index contributed by atoms with van der Waals surface area (Å²) >= 11 is 5.88. The van der Waals surface area contributed by atoms with E-state index < -0.39 is 5.91 Å². The van der Waals surface area contributed by atoms with E-state index in [0.29, 0.717) is 27.9 Å². The van der Waals surface area contributed by atoms with Gasteiger partial charge in [0.1, 0.15) is 0 Å². The average Bonchev–Trinajstić information content (AvgIpc) is 3.16. The van der Waals surface area contributed by atoms with Crippen LogP contribution in [-0.4, -0.2) is 30.6 Å². The van der Waals surface area contributed by atoms with E-state index in [-0.39, 0.29) is 18.2 Å². The summed E-state index contributed by atoms with van der Waals surface area (Å²) in [5, 5.41) is 7.18. The number of halogens is 1. The first-order chi connectivity index (χ1) is 13.0. The Balaban J connectivity index is 1.57. The Labute approximate surface area is 159 Å². The first-order valence-corrected chi connectivity index (χ1v) is 8.47. The van der Waals surface area contributed by atoms with Gasteiger partial charge in [-0.15, -0.1) is 0 Å². The van der Waals surface area contributed by atoms with Crippen molar-refractivity contribution in [2.24, 2.45) is 0 Å². The lowest BCUT2D eigenvalue weighted by atomic mass is 10.1. The van der Waals surface area contributed by atoms with Crippen LogP contribution < -0.4 is 15.0 Å². The Morgan fingerprint density at radius 1 is 1.22 bits per heavy atom. The molecule has 0 saturated heterocycles. The average molecular weight is 384 g/mol. The first-order valence-electron chi connectivity index (χ1n) is 8.09. The highest BCUT2D eigenvalue weighted by Gasteiger charge is 2.25. The number of carbonyl (C=O) groups excluding carboxylic acids is 2. The van der Waals surface area contributed by atoms with E-state index in [2.05, 4.69) is 10.5 Å². The monoisotopic (exact) mass is 383 g/mol. The molecule has 1 aliphatic rings. The Morgan fingerprint density at radius 2 is 2.00 bits per heavy atom. The highest BCUT2D eigenvalue weighted by molar-refractivity contribution is 6.30. The highest BCUT2D eigenvalue weighted by atomic mass is 35.5. The lowest BCUT2D eigenvalue weighted by Gasteiger charge is -2.27. The summed E-state index contributed by atoms with van der Waals surface area (Å²) in [6, 6.07) is 13.7. The fourth-order valence-corrected chi connectivity index (χ4v) is 2.85. The minimum absolute atomic E-state index is 0.0823. The van der Waals surface area contributed by atoms with Gasteiger partial charge < -0.3 is 19.5 Å². The van der Waals surface area contributed by atoms with E-state index in [4.69, 9.17) is 20.9 Å². The van der Waals surface area contributed by atoms with Crippen LogP contribution in [0.25, 0.3) is 11.3 Å². The van der Waals surface area contributed by atoms with Crippen LogP contribution in [0.5, 0.6) is 5.75 Å². The number of ether oxygens (including phenoxy) is 1. The van der Waals surface area contributed by atoms with Crippen molar-refractivity contribution in [3.63, 3.8) is 0 Å². The standard InChI is InChI=1S/C19H14ClN3O4/c1-23-15-4-2-3-13(18(15)26-10-17(23)24)21-19(25)14-9-16(27-22-14)11-5-7-12(20)8-6-11/h2-9H,10H2,1H3,(H,21,25). The van der Waals surface area contributed by atoms with Crippen LogP contribution in [0.2, 0.25) is 5.02 Å². The third kappa shape index (κ3) is 3.24. The molecule has 8 heteroatoms. The van der Waals surface area contributed by atoms with E-state index in [9.17, 15) is 9.59 Å². The van der Waals surface area contributed by atoms with Gasteiger partial charge in [0.2, 0.25) is 0 Å². The number of aromatic nitrogens is 1. The first kappa shape index (κ1) is 17.1. The molecule has 2 aromatic carbocycles. The van der Waals surface area contributed by atoms with Crippen molar-refractivity contribution in [2.45, 2.75) is 0 Å². The highest BCUT2D eigenvalue weighted by Crippen LogP contribution is 2.38. The summed E-state index contributed by atoms with van der Waals surface area (Å²) < 4.78 is 10.8. The molecule has 0 saturated carbocycles. The molecule has 0 aliphatic carbocycles. The molecule has 27 heavy (non-hydrogen) atoms. The van der Waals surface area contributed by atoms with Crippen molar-refractivity contribution < 1.29 is 18.8 Å². The number of nitrogens with one attached hydrogen (secondary N) is 1. The van der Waals surface area contributed by atoms with Gasteiger partial charge in [-0.3, -0.25) is 9.59 Å². The minimum atomic E-state index is -0.449. The Kier molecular flexibility index (Phi) is 4.29. The van der Waals surface area contributed by atoms with Crippen molar-refractivity contribution >= 4 is 34.8 Å². The largest absolute Gasteiger partial charge is 0.479 e. The summed E-state index contributed by atoms with van der Waals surface area (Å²) in [4.78, 5) is 25.8. The molecule has 1 N–H and O–H groups in total. The summed E-state index contributed by atoms with van der Waals surface area (Å²) in [5.41, 5.74) is 1.92. The zero-order valence-electron chi connectivity index (χ0n) is 14.2. The number of rotatable bonds is 3. The van der Waals surface area contributed by atoms with Crippen LogP contribution in [0.1, 0.15) is 10.5 Å². The normalized spacial score (nSPS) is 13.1. The van der Waals surface area contributed by atoms with Gasteiger partial charge in [0.05, 0.1) is 11.4 Å². The summed E-state index contributed by atoms with van der Waals surface area (Å²) in [6.07, 6.45) is 0. The number of benzene rings is 2. The maximum atomic E-state index is 12.6. The van der Waals surface area contributed by atoms with Crippen molar-refractivity contribution in [2.75, 3.05) is 23.9 Å². The van der Waals surface area contributed by atoms with Gasteiger partial charge in [-0.2, -0.15) is 0 Å². The maximum Gasteiger partial charge on any atom is 0.277 e. The second kappa shape index (κ2) is 6.77. The Bertz CT molecular complexity index is 1030. The molecule has 4 rings (SSSR count). The minimum Gasteiger partial charge on any atom is -0.479 e. The maximum absolute atomic E-state index is 12.6. The quantitative estimate of drug-likeness (QED) is 0.747. The molecule has 3 aromatic rings. The number of para-hydroxylation sites is 1. The van der Waals surface area contributed by atoms with Crippen molar-refractivity contribution in [1.82, 2.24) is 5.16 Å². The number of nitrogens with zero attached hydrogens (tertiary/aromatic N) is 2. The SMILES string of the molecule is CN1C(=O)COc2c(NC(=O)c3cc(-c4ccc(Cl)cc4)on3)cccc21. The molecule has 2 amide bonds. The third-order valence-corrected chi connectivity index (χ3v) is 4.44. The molecule has 7 nitrogen and oxygen atoms in total. The van der Waals surface area contributed by atoms with Gasteiger partial charge in [-0.25, -0.2) is 0 Å². The predicted octanol–water partition coefficient (Wildman–Crippen LogP) is 3.60. The van der Waals surface area contributed by atoms with Crippen LogP contribution in [-0.2, 0) is 4.79 Å². The Hall–Kier alpha value is -3.32. The Morgan fingerprint density at radius 3 is 2.78 bits per heavy atom. The molecule has 0 radical (unpaired) electrons. The summed E-state index contributed by atoms with van der Waals surface area (Å²) in [6.45, 7) is -0.0823. The number of hydrogen-bond acceptors (Lipinski definition) is 5. The van der Waals surface area contributed by atoms with Crippen molar-refractivity contribution in [1.29, 1.82) is 0 Å². The van der Waals surface area contributed by atoms with Gasteiger partial charge in [0.25, 0.3) is 11.8 Å². The molecule has 136 valence electrons. The van der Waals surface area contributed by atoms with Crippen molar-refractivity contribution in [3.05, 3.63) is 59.2 Å². The topological polar surface area (TPSA) is 84.7 Å². The zero-order valence-corrected chi connectivity index (χ0v) is 15.0. The van der Waals surface area contributed by atoms with Crippen LogP contribution in [0.3, 0.4) is 0 Å². The molecule has 1 aliphatic heterocycles. The van der Waals surface area contributed by atoms with E-state index in [0.717, 1.165) is 5.56 Å². The fourth-order valence-electron chi connectivity index (χ4n) is 2.72. The van der Waals surface area contributed by atoms with Gasteiger partial charge in [-0.05, 0) is 36.4 Å². The number of carbonyl (C=O) groups is 2. The van der Waals surface area contributed by atoms with Crippen LogP contribution in [0.4, 0.5) is 11.4 Å². The number of amides is 2. The molecule has 2 heterocycles. The number of fused-ring (bicyclic) bond motifs is 1. The molecule has 0 unspecified atom stereocenters. The van der Waals surface area contributed by atoms with Gasteiger partial charge >= 0.3 is 0 Å². The summed E-state index contributed by atoms with van der Waals surface area (Å²) in [7, 11) is 1.66. The third-order valence-electron chi connectivity index (χ3n) is 4.19. The lowest BCUT2D eigenvalue weighted by molar-refractivity contribution is -0.120. The molecular weight excluding hydrogens is 370 g/mol. The van der Waals surface area contributed by atoms with Crippen LogP contribution in [0.15, 0.2) is 53.1 Å². The second-order valence-corrected chi connectivity index (χ2v) is 6.37. The predicted molar refractivity (Wildman–Crippen MR) is 100 cm³/mol. The van der Waals surface area contributed by atoms with Gasteiger partial charge in [0.15, 0.2) is 23.8 Å².